The molecule has 0 bridgehead atoms. The smallest absolute Gasteiger partial charge is 0.0791 e. The van der Waals surface area contributed by atoms with E-state index in [2.05, 4.69) is 54.4 Å². The second-order valence-electron chi connectivity index (χ2n) is 5.21. The van der Waals surface area contributed by atoms with E-state index in [9.17, 15) is 0 Å². The summed E-state index contributed by atoms with van der Waals surface area (Å²) >= 11 is 0. The Morgan fingerprint density at radius 1 is 0.762 bits per heavy atom. The minimum absolute atomic E-state index is 1.01. The first-order chi connectivity index (χ1) is 10.3. The predicted molar refractivity (Wildman–Crippen MR) is 87.2 cm³/mol. The summed E-state index contributed by atoms with van der Waals surface area (Å²) in [4.78, 5) is 9.20. The van der Waals surface area contributed by atoms with Gasteiger partial charge in [-0.1, -0.05) is 42.5 Å². The maximum absolute atomic E-state index is 4.91. The Bertz CT molecular complexity index is 958. The molecular weight excluding hydrogens is 256 g/mol. The summed E-state index contributed by atoms with van der Waals surface area (Å²) in [7, 11) is 0. The van der Waals surface area contributed by atoms with E-state index >= 15 is 0 Å². The van der Waals surface area contributed by atoms with E-state index in [1.165, 1.54) is 11.1 Å². The Labute approximate surface area is 123 Å². The van der Waals surface area contributed by atoms with Gasteiger partial charge >= 0.3 is 0 Å². The fraction of sp³-hybridized carbons (Fsp3) is 0.0526. The van der Waals surface area contributed by atoms with Crippen molar-refractivity contribution >= 4 is 21.7 Å². The summed E-state index contributed by atoms with van der Waals surface area (Å²) in [6.45, 7) is 2.12. The lowest BCUT2D eigenvalue weighted by molar-refractivity contribution is 1.34. The van der Waals surface area contributed by atoms with Crippen molar-refractivity contribution in [1.29, 1.82) is 0 Å². The van der Waals surface area contributed by atoms with E-state index in [1.54, 1.807) is 0 Å². The standard InChI is InChI=1S/C19H14N2/c1-13-6-2-3-7-14(13)19-16-10-11-20-12-17(16)15-8-4-5-9-18(15)21-19/h2-12H,1H3. The van der Waals surface area contributed by atoms with Gasteiger partial charge in [0.25, 0.3) is 0 Å². The van der Waals surface area contributed by atoms with Gasteiger partial charge in [-0.3, -0.25) is 4.98 Å². The molecule has 0 unspecified atom stereocenters. The first-order valence-corrected chi connectivity index (χ1v) is 7.03. The quantitative estimate of drug-likeness (QED) is 0.466. The topological polar surface area (TPSA) is 25.8 Å². The molecule has 0 atom stereocenters. The van der Waals surface area contributed by atoms with E-state index in [1.807, 2.05) is 24.5 Å². The van der Waals surface area contributed by atoms with Gasteiger partial charge in [-0.2, -0.15) is 0 Å². The molecule has 2 heteroatoms. The Kier molecular flexibility index (Phi) is 2.68. The van der Waals surface area contributed by atoms with Gasteiger partial charge in [0.15, 0.2) is 0 Å². The number of benzene rings is 2. The monoisotopic (exact) mass is 270 g/mol. The zero-order chi connectivity index (χ0) is 14.2. The Morgan fingerprint density at radius 3 is 2.48 bits per heavy atom. The van der Waals surface area contributed by atoms with Crippen molar-refractivity contribution in [3.05, 3.63) is 72.6 Å². The van der Waals surface area contributed by atoms with Crippen LogP contribution in [0, 0.1) is 6.92 Å². The zero-order valence-electron chi connectivity index (χ0n) is 11.7. The highest BCUT2D eigenvalue weighted by Crippen LogP contribution is 2.32. The van der Waals surface area contributed by atoms with Gasteiger partial charge in [0.2, 0.25) is 0 Å². The zero-order valence-corrected chi connectivity index (χ0v) is 11.7. The van der Waals surface area contributed by atoms with Crippen LogP contribution < -0.4 is 0 Å². The lowest BCUT2D eigenvalue weighted by Gasteiger charge is -2.11. The van der Waals surface area contributed by atoms with Crippen molar-refractivity contribution in [3.8, 4) is 11.3 Å². The van der Waals surface area contributed by atoms with E-state index < -0.39 is 0 Å². The third-order valence-corrected chi connectivity index (χ3v) is 3.90. The van der Waals surface area contributed by atoms with Crippen molar-refractivity contribution < 1.29 is 0 Å². The average Bonchev–Trinajstić information content (AvgIpc) is 2.55. The lowest BCUT2D eigenvalue weighted by Crippen LogP contribution is -1.91. The molecule has 4 aromatic rings. The van der Waals surface area contributed by atoms with Crippen molar-refractivity contribution in [3.63, 3.8) is 0 Å². The molecule has 0 aliphatic carbocycles. The number of rotatable bonds is 1. The predicted octanol–water partition coefficient (Wildman–Crippen LogP) is 4.76. The number of fused-ring (bicyclic) bond motifs is 3. The van der Waals surface area contributed by atoms with E-state index in [0.717, 1.165) is 27.4 Å². The molecule has 0 radical (unpaired) electrons. The molecule has 0 N–H and O–H groups in total. The Morgan fingerprint density at radius 2 is 1.57 bits per heavy atom. The molecule has 0 aliphatic rings. The van der Waals surface area contributed by atoms with Crippen molar-refractivity contribution in [2.24, 2.45) is 0 Å². The second kappa shape index (κ2) is 4.67. The van der Waals surface area contributed by atoms with Crippen LogP contribution in [0.3, 0.4) is 0 Å². The normalized spacial score (nSPS) is 11.1. The van der Waals surface area contributed by atoms with Crippen LogP contribution >= 0.6 is 0 Å². The van der Waals surface area contributed by atoms with Crippen LogP contribution in [0.5, 0.6) is 0 Å². The van der Waals surface area contributed by atoms with Gasteiger partial charge in [0, 0.05) is 34.1 Å². The lowest BCUT2D eigenvalue weighted by atomic mass is 9.99. The molecule has 0 fully saturated rings. The molecule has 2 aromatic carbocycles. The van der Waals surface area contributed by atoms with Crippen molar-refractivity contribution in [2.45, 2.75) is 6.92 Å². The summed E-state index contributed by atoms with van der Waals surface area (Å²) in [6, 6.07) is 18.7. The number of pyridine rings is 2. The third kappa shape index (κ3) is 1.88. The Hall–Kier alpha value is -2.74. The first kappa shape index (κ1) is 12.0. The Balaban J connectivity index is 2.20. The van der Waals surface area contributed by atoms with Crippen LogP contribution in [0.15, 0.2) is 67.0 Å². The molecule has 2 aromatic heterocycles. The van der Waals surface area contributed by atoms with E-state index in [4.69, 9.17) is 4.98 Å². The van der Waals surface area contributed by atoms with Crippen molar-refractivity contribution in [2.75, 3.05) is 0 Å². The molecule has 0 amide bonds. The fourth-order valence-electron chi connectivity index (χ4n) is 2.84. The van der Waals surface area contributed by atoms with Gasteiger partial charge in [-0.05, 0) is 24.6 Å². The number of aryl methyl sites for hydroxylation is 1. The van der Waals surface area contributed by atoms with E-state index in [-0.39, 0.29) is 0 Å². The van der Waals surface area contributed by atoms with Crippen LogP contribution in [-0.2, 0) is 0 Å². The van der Waals surface area contributed by atoms with Gasteiger partial charge in [0.05, 0.1) is 11.2 Å². The van der Waals surface area contributed by atoms with Crippen LogP contribution in [-0.4, -0.2) is 9.97 Å². The molecule has 100 valence electrons. The average molecular weight is 270 g/mol. The number of para-hydroxylation sites is 1. The van der Waals surface area contributed by atoms with Gasteiger partial charge in [0.1, 0.15) is 0 Å². The summed E-state index contributed by atoms with van der Waals surface area (Å²) in [5.74, 6) is 0. The van der Waals surface area contributed by atoms with E-state index in [0.29, 0.717) is 0 Å². The largest absolute Gasteiger partial charge is 0.264 e. The highest BCUT2D eigenvalue weighted by atomic mass is 14.7. The highest BCUT2D eigenvalue weighted by Gasteiger charge is 2.11. The molecule has 0 saturated carbocycles. The fourth-order valence-corrected chi connectivity index (χ4v) is 2.84. The number of hydrogen-bond acceptors (Lipinski definition) is 2. The van der Waals surface area contributed by atoms with Crippen LogP contribution in [0.25, 0.3) is 32.9 Å². The van der Waals surface area contributed by atoms with Crippen LogP contribution in [0.1, 0.15) is 5.56 Å². The molecule has 21 heavy (non-hydrogen) atoms. The van der Waals surface area contributed by atoms with Gasteiger partial charge in [-0.15, -0.1) is 0 Å². The van der Waals surface area contributed by atoms with Crippen LogP contribution in [0.4, 0.5) is 0 Å². The molecule has 2 nitrogen and oxygen atoms in total. The first-order valence-electron chi connectivity index (χ1n) is 7.03. The minimum Gasteiger partial charge on any atom is -0.264 e. The SMILES string of the molecule is Cc1ccccc1-c1nc2ccccc2c2cnccc12. The molecule has 4 rings (SSSR count). The molecule has 2 heterocycles. The number of hydrogen-bond donors (Lipinski definition) is 0. The maximum Gasteiger partial charge on any atom is 0.0791 e. The van der Waals surface area contributed by atoms with Gasteiger partial charge < -0.3 is 0 Å². The molecule has 0 spiro atoms. The number of nitrogens with zero attached hydrogens (tertiary/aromatic N) is 2. The summed E-state index contributed by atoms with van der Waals surface area (Å²) in [5, 5.41) is 3.46. The summed E-state index contributed by atoms with van der Waals surface area (Å²) in [5.41, 5.74) is 4.46. The summed E-state index contributed by atoms with van der Waals surface area (Å²) in [6.07, 6.45) is 3.77. The van der Waals surface area contributed by atoms with Crippen LogP contribution in [0.2, 0.25) is 0 Å². The van der Waals surface area contributed by atoms with Gasteiger partial charge in [-0.25, -0.2) is 4.98 Å². The minimum atomic E-state index is 1.01. The highest BCUT2D eigenvalue weighted by molar-refractivity contribution is 6.10. The third-order valence-electron chi connectivity index (χ3n) is 3.90. The molecule has 0 saturated heterocycles. The molecular formula is C19H14N2. The van der Waals surface area contributed by atoms with Crippen molar-refractivity contribution in [1.82, 2.24) is 9.97 Å². The second-order valence-corrected chi connectivity index (χ2v) is 5.21. The maximum atomic E-state index is 4.91. The summed E-state index contributed by atoms with van der Waals surface area (Å²) < 4.78 is 0. The molecule has 0 aliphatic heterocycles. The number of aromatic nitrogens is 2.